The number of benzene rings is 1. The van der Waals surface area contributed by atoms with Gasteiger partial charge in [-0.1, -0.05) is 23.7 Å². The van der Waals surface area contributed by atoms with Crippen LogP contribution in [0, 0.1) is 0 Å². The molecule has 0 saturated carbocycles. The molecule has 1 heterocycles. The summed E-state index contributed by atoms with van der Waals surface area (Å²) in [5.74, 6) is -0.377. The van der Waals surface area contributed by atoms with Crippen LogP contribution in [0.3, 0.4) is 0 Å². The molecule has 0 radical (unpaired) electrons. The third kappa shape index (κ3) is 3.65. The molecule has 1 amide bonds. The summed E-state index contributed by atoms with van der Waals surface area (Å²) in [7, 11) is 1.73. The molecule has 0 aliphatic rings. The van der Waals surface area contributed by atoms with Crippen LogP contribution in [0.2, 0.25) is 5.02 Å². The average molecular weight is 342 g/mol. The molecule has 0 atom stereocenters. The molecule has 7 heteroatoms. The number of hydrazone groups is 1. The van der Waals surface area contributed by atoms with Gasteiger partial charge in [-0.25, -0.2) is 5.43 Å². The molecule has 2 aromatic rings. The van der Waals surface area contributed by atoms with Gasteiger partial charge in [0.2, 0.25) is 0 Å². The van der Waals surface area contributed by atoms with Gasteiger partial charge in [0, 0.05) is 18.3 Å². The lowest BCUT2D eigenvalue weighted by atomic mass is 10.2. The van der Waals surface area contributed by atoms with Crippen LogP contribution >= 0.6 is 27.5 Å². The van der Waals surface area contributed by atoms with Crippen molar-refractivity contribution >= 4 is 39.7 Å². The quantitative estimate of drug-likeness (QED) is 0.689. The molecular weight excluding hydrogens is 332 g/mol. The van der Waals surface area contributed by atoms with E-state index in [0.29, 0.717) is 9.50 Å². The van der Waals surface area contributed by atoms with E-state index < -0.39 is 0 Å². The van der Waals surface area contributed by atoms with Crippen LogP contribution in [-0.2, 0) is 7.05 Å². The van der Waals surface area contributed by atoms with E-state index in [1.807, 2.05) is 0 Å². The summed E-state index contributed by atoms with van der Waals surface area (Å²) in [6.45, 7) is 0. The van der Waals surface area contributed by atoms with Crippen LogP contribution in [0.5, 0.6) is 0 Å². The Morgan fingerprint density at radius 2 is 2.16 bits per heavy atom. The highest BCUT2D eigenvalue weighted by molar-refractivity contribution is 9.10. The van der Waals surface area contributed by atoms with E-state index in [2.05, 4.69) is 31.6 Å². The molecule has 0 fully saturated rings. The Balaban J connectivity index is 2.00. The second kappa shape index (κ2) is 5.99. The summed E-state index contributed by atoms with van der Waals surface area (Å²) in [4.78, 5) is 11.8. The van der Waals surface area contributed by atoms with Gasteiger partial charge < -0.3 is 0 Å². The Kier molecular flexibility index (Phi) is 4.34. The van der Waals surface area contributed by atoms with Gasteiger partial charge in [0.15, 0.2) is 5.69 Å². The van der Waals surface area contributed by atoms with E-state index in [9.17, 15) is 4.79 Å². The summed E-state index contributed by atoms with van der Waals surface area (Å²) < 4.78 is 2.16. The van der Waals surface area contributed by atoms with E-state index in [1.165, 1.54) is 6.21 Å². The minimum absolute atomic E-state index is 0.288. The molecule has 0 bridgehead atoms. The van der Waals surface area contributed by atoms with Crippen LogP contribution in [0.1, 0.15) is 16.1 Å². The van der Waals surface area contributed by atoms with Crippen LogP contribution in [0.4, 0.5) is 0 Å². The molecule has 0 aliphatic heterocycles. The fourth-order valence-corrected chi connectivity index (χ4v) is 2.06. The zero-order valence-electron chi connectivity index (χ0n) is 9.97. The van der Waals surface area contributed by atoms with Gasteiger partial charge in [-0.15, -0.1) is 0 Å². The van der Waals surface area contributed by atoms with Gasteiger partial charge in [-0.3, -0.25) is 9.48 Å². The van der Waals surface area contributed by atoms with Gasteiger partial charge in [0.05, 0.1) is 10.7 Å². The predicted octanol–water partition coefficient (Wildman–Crippen LogP) is 2.60. The number of carbonyl (C=O) groups is 1. The molecule has 19 heavy (non-hydrogen) atoms. The first-order valence-electron chi connectivity index (χ1n) is 5.34. The number of amides is 1. The Morgan fingerprint density at radius 1 is 1.47 bits per heavy atom. The molecule has 1 aromatic carbocycles. The van der Waals surface area contributed by atoms with Crippen molar-refractivity contribution in [1.29, 1.82) is 0 Å². The Bertz CT molecular complexity index is 621. The zero-order valence-corrected chi connectivity index (χ0v) is 12.3. The Labute approximate surface area is 123 Å². The topological polar surface area (TPSA) is 59.3 Å². The van der Waals surface area contributed by atoms with Crippen molar-refractivity contribution in [2.24, 2.45) is 12.1 Å². The first kappa shape index (κ1) is 13.8. The molecule has 0 saturated heterocycles. The average Bonchev–Trinajstić information content (AvgIpc) is 2.71. The summed E-state index contributed by atoms with van der Waals surface area (Å²) >= 11 is 9.02. The Hall–Kier alpha value is -1.66. The van der Waals surface area contributed by atoms with Gasteiger partial charge in [0.25, 0.3) is 5.91 Å². The third-order valence-electron chi connectivity index (χ3n) is 2.25. The SMILES string of the molecule is Cn1cc(Br)c(C(=O)N/N=C\c2ccc(Cl)cc2)n1. The summed E-state index contributed by atoms with van der Waals surface area (Å²) in [5.41, 5.74) is 3.53. The molecule has 0 spiro atoms. The van der Waals surface area contributed by atoms with Crippen molar-refractivity contribution in [2.75, 3.05) is 0 Å². The predicted molar refractivity (Wildman–Crippen MR) is 77.4 cm³/mol. The molecule has 1 aromatic heterocycles. The second-order valence-electron chi connectivity index (χ2n) is 3.75. The number of carbonyl (C=O) groups excluding carboxylic acids is 1. The second-order valence-corrected chi connectivity index (χ2v) is 5.04. The molecule has 98 valence electrons. The minimum atomic E-state index is -0.377. The maximum absolute atomic E-state index is 11.8. The molecule has 5 nitrogen and oxygen atoms in total. The first-order chi connectivity index (χ1) is 9.06. The zero-order chi connectivity index (χ0) is 13.8. The van der Waals surface area contributed by atoms with Crippen molar-refractivity contribution in [3.63, 3.8) is 0 Å². The number of hydrogen-bond donors (Lipinski definition) is 1. The van der Waals surface area contributed by atoms with E-state index in [0.717, 1.165) is 5.56 Å². The van der Waals surface area contributed by atoms with Crippen molar-refractivity contribution in [3.05, 3.63) is 51.2 Å². The van der Waals surface area contributed by atoms with E-state index in [4.69, 9.17) is 11.6 Å². The molecular formula is C12H10BrClN4O. The van der Waals surface area contributed by atoms with Crippen LogP contribution in [0.15, 0.2) is 40.0 Å². The number of halogens is 2. The number of hydrogen-bond acceptors (Lipinski definition) is 3. The molecule has 0 unspecified atom stereocenters. The highest BCUT2D eigenvalue weighted by atomic mass is 79.9. The lowest BCUT2D eigenvalue weighted by molar-refractivity contribution is 0.0948. The largest absolute Gasteiger partial charge is 0.293 e. The number of nitrogens with zero attached hydrogens (tertiary/aromatic N) is 3. The monoisotopic (exact) mass is 340 g/mol. The highest BCUT2D eigenvalue weighted by Crippen LogP contribution is 2.13. The number of nitrogens with one attached hydrogen (secondary N) is 1. The Morgan fingerprint density at radius 3 is 2.74 bits per heavy atom. The maximum atomic E-state index is 11.8. The van der Waals surface area contributed by atoms with Gasteiger partial charge in [-0.05, 0) is 33.6 Å². The van der Waals surface area contributed by atoms with Crippen LogP contribution in [0.25, 0.3) is 0 Å². The summed E-state index contributed by atoms with van der Waals surface area (Å²) in [6, 6.07) is 7.10. The lowest BCUT2D eigenvalue weighted by Gasteiger charge is -1.96. The molecule has 1 N–H and O–H groups in total. The van der Waals surface area contributed by atoms with Crippen molar-refractivity contribution in [2.45, 2.75) is 0 Å². The lowest BCUT2D eigenvalue weighted by Crippen LogP contribution is -2.18. The van der Waals surface area contributed by atoms with E-state index >= 15 is 0 Å². The van der Waals surface area contributed by atoms with Gasteiger partial charge >= 0.3 is 0 Å². The van der Waals surface area contributed by atoms with E-state index in [-0.39, 0.29) is 11.6 Å². The van der Waals surface area contributed by atoms with Crippen LogP contribution in [-0.4, -0.2) is 21.9 Å². The van der Waals surface area contributed by atoms with Crippen molar-refractivity contribution < 1.29 is 4.79 Å². The van der Waals surface area contributed by atoms with Gasteiger partial charge in [0.1, 0.15) is 0 Å². The van der Waals surface area contributed by atoms with E-state index in [1.54, 1.807) is 42.2 Å². The van der Waals surface area contributed by atoms with Gasteiger partial charge in [-0.2, -0.15) is 10.2 Å². The maximum Gasteiger partial charge on any atom is 0.293 e. The van der Waals surface area contributed by atoms with Crippen molar-refractivity contribution in [1.82, 2.24) is 15.2 Å². The minimum Gasteiger partial charge on any atom is -0.274 e. The third-order valence-corrected chi connectivity index (χ3v) is 3.08. The molecule has 2 rings (SSSR count). The number of aromatic nitrogens is 2. The fraction of sp³-hybridized carbons (Fsp3) is 0.0833. The summed E-state index contributed by atoms with van der Waals surface area (Å²) in [5, 5.41) is 8.53. The first-order valence-corrected chi connectivity index (χ1v) is 6.51. The van der Waals surface area contributed by atoms with Crippen molar-refractivity contribution in [3.8, 4) is 0 Å². The summed E-state index contributed by atoms with van der Waals surface area (Å²) in [6.07, 6.45) is 3.23. The molecule has 0 aliphatic carbocycles. The fourth-order valence-electron chi connectivity index (χ4n) is 1.38. The van der Waals surface area contributed by atoms with Crippen LogP contribution < -0.4 is 5.43 Å². The number of rotatable bonds is 3. The smallest absolute Gasteiger partial charge is 0.274 e. The standard InChI is InChI=1S/C12H10BrClN4O/c1-18-7-10(13)11(17-18)12(19)16-15-6-8-2-4-9(14)5-3-8/h2-7H,1H3,(H,16,19)/b15-6-. The number of aryl methyl sites for hydroxylation is 1. The normalized spacial score (nSPS) is 10.9. The highest BCUT2D eigenvalue weighted by Gasteiger charge is 2.13.